The Balaban J connectivity index is 2.54. The number of benzene rings is 1. The molecule has 0 heterocycles. The van der Waals surface area contributed by atoms with Crippen LogP contribution in [0.25, 0.3) is 0 Å². The minimum Gasteiger partial charge on any atom is -0.508 e. The van der Waals surface area contributed by atoms with E-state index < -0.39 is 17.9 Å². The van der Waals surface area contributed by atoms with Crippen LogP contribution in [0.4, 0.5) is 0 Å². The number of nitrogens with one attached hydrogen (secondary N) is 1. The van der Waals surface area contributed by atoms with Crippen LogP contribution in [0, 0.1) is 0 Å². The Morgan fingerprint density at radius 3 is 2.33 bits per heavy atom. The van der Waals surface area contributed by atoms with Gasteiger partial charge in [0.25, 0.3) is 0 Å². The second-order valence-electron chi connectivity index (χ2n) is 3.81. The zero-order valence-electron chi connectivity index (χ0n) is 9.67. The van der Waals surface area contributed by atoms with Crippen LogP contribution >= 0.6 is 0 Å². The van der Waals surface area contributed by atoms with Crippen molar-refractivity contribution in [1.82, 2.24) is 5.32 Å². The maximum absolute atomic E-state index is 11.6. The highest BCUT2D eigenvalue weighted by Gasteiger charge is 2.19. The Kier molecular flexibility index (Phi) is 5.13. The van der Waals surface area contributed by atoms with Gasteiger partial charge in [0.05, 0.1) is 6.42 Å². The van der Waals surface area contributed by atoms with Crippen LogP contribution in [0.15, 0.2) is 24.3 Å². The fourth-order valence-corrected chi connectivity index (χ4v) is 1.43. The first-order chi connectivity index (χ1) is 8.52. The average molecular weight is 253 g/mol. The number of carboxylic acid groups (broad SMARTS) is 1. The van der Waals surface area contributed by atoms with Gasteiger partial charge in [-0.25, -0.2) is 4.79 Å². The Bertz CT molecular complexity index is 415. The summed E-state index contributed by atoms with van der Waals surface area (Å²) in [6.07, 6.45) is -0.00780. The van der Waals surface area contributed by atoms with E-state index in [1.54, 1.807) is 12.1 Å². The van der Waals surface area contributed by atoms with E-state index >= 15 is 0 Å². The van der Waals surface area contributed by atoms with Crippen molar-refractivity contribution in [1.29, 1.82) is 0 Å². The predicted octanol–water partition coefficient (Wildman–Crippen LogP) is -0.113. The molecule has 4 N–H and O–H groups in total. The molecule has 0 saturated carbocycles. The number of aliphatic hydroxyl groups is 1. The Morgan fingerprint density at radius 2 is 1.83 bits per heavy atom. The molecular weight excluding hydrogens is 238 g/mol. The van der Waals surface area contributed by atoms with E-state index in [9.17, 15) is 9.59 Å². The van der Waals surface area contributed by atoms with Gasteiger partial charge >= 0.3 is 5.97 Å². The predicted molar refractivity (Wildman–Crippen MR) is 63.1 cm³/mol. The first-order valence-corrected chi connectivity index (χ1v) is 5.44. The minimum atomic E-state index is -1.18. The average Bonchev–Trinajstić information content (AvgIpc) is 2.31. The van der Waals surface area contributed by atoms with Gasteiger partial charge in [-0.15, -0.1) is 0 Å². The monoisotopic (exact) mass is 253 g/mol. The number of rotatable bonds is 6. The number of phenols is 1. The van der Waals surface area contributed by atoms with Crippen LogP contribution in [0.1, 0.15) is 12.0 Å². The molecule has 0 fully saturated rings. The normalized spacial score (nSPS) is 11.8. The van der Waals surface area contributed by atoms with Crippen molar-refractivity contribution < 1.29 is 24.9 Å². The van der Waals surface area contributed by atoms with Gasteiger partial charge in [0.1, 0.15) is 11.8 Å². The number of carbonyl (C=O) groups excluding carboxylic acids is 1. The summed E-state index contributed by atoms with van der Waals surface area (Å²) in [5.74, 6) is -1.52. The minimum absolute atomic E-state index is 0.0233. The maximum atomic E-state index is 11.6. The number of carbonyl (C=O) groups is 2. The molecule has 0 aliphatic rings. The number of aliphatic hydroxyl groups excluding tert-OH is 1. The van der Waals surface area contributed by atoms with Gasteiger partial charge < -0.3 is 20.6 Å². The van der Waals surface area contributed by atoms with E-state index in [4.69, 9.17) is 15.3 Å². The van der Waals surface area contributed by atoms with Gasteiger partial charge in [-0.2, -0.15) is 0 Å². The topological polar surface area (TPSA) is 107 Å². The number of aromatic hydroxyl groups is 1. The molecule has 0 saturated heterocycles. The van der Waals surface area contributed by atoms with Crippen molar-refractivity contribution >= 4 is 11.9 Å². The van der Waals surface area contributed by atoms with E-state index in [-0.39, 0.29) is 25.2 Å². The fraction of sp³-hybridized carbons (Fsp3) is 0.333. The van der Waals surface area contributed by atoms with Crippen molar-refractivity contribution in [3.05, 3.63) is 29.8 Å². The molecule has 0 unspecified atom stereocenters. The number of amides is 1. The third-order valence-electron chi connectivity index (χ3n) is 2.35. The number of hydrogen-bond donors (Lipinski definition) is 4. The lowest BCUT2D eigenvalue weighted by Gasteiger charge is -2.13. The number of phenolic OH excluding ortho intramolecular Hbond substituents is 1. The lowest BCUT2D eigenvalue weighted by Crippen LogP contribution is -2.42. The first-order valence-electron chi connectivity index (χ1n) is 5.44. The van der Waals surface area contributed by atoms with E-state index in [1.807, 2.05) is 0 Å². The molecule has 1 amide bonds. The molecule has 0 bridgehead atoms. The van der Waals surface area contributed by atoms with E-state index in [2.05, 4.69) is 5.32 Å². The molecule has 6 nitrogen and oxygen atoms in total. The summed E-state index contributed by atoms with van der Waals surface area (Å²) < 4.78 is 0. The summed E-state index contributed by atoms with van der Waals surface area (Å²) in [7, 11) is 0. The van der Waals surface area contributed by atoms with Gasteiger partial charge in [-0.1, -0.05) is 12.1 Å². The zero-order chi connectivity index (χ0) is 13.5. The van der Waals surface area contributed by atoms with Crippen LogP contribution in [-0.4, -0.2) is 39.8 Å². The second kappa shape index (κ2) is 6.61. The van der Waals surface area contributed by atoms with E-state index in [0.717, 1.165) is 0 Å². The van der Waals surface area contributed by atoms with Crippen LogP contribution in [0.5, 0.6) is 5.75 Å². The summed E-state index contributed by atoms with van der Waals surface area (Å²) in [4.78, 5) is 22.3. The van der Waals surface area contributed by atoms with Crippen molar-refractivity contribution in [3.63, 3.8) is 0 Å². The highest BCUT2D eigenvalue weighted by Crippen LogP contribution is 2.10. The first kappa shape index (κ1) is 14.0. The smallest absolute Gasteiger partial charge is 0.326 e. The van der Waals surface area contributed by atoms with E-state index in [1.165, 1.54) is 12.1 Å². The maximum Gasteiger partial charge on any atom is 0.326 e. The number of aliphatic carboxylic acids is 1. The van der Waals surface area contributed by atoms with Gasteiger partial charge in [0.15, 0.2) is 0 Å². The Morgan fingerprint density at radius 1 is 1.22 bits per heavy atom. The van der Waals surface area contributed by atoms with Crippen LogP contribution in [0.3, 0.4) is 0 Å². The summed E-state index contributed by atoms with van der Waals surface area (Å²) in [6, 6.07) is 4.98. The van der Waals surface area contributed by atoms with Crippen LogP contribution in [0.2, 0.25) is 0 Å². The standard InChI is InChI=1S/C12H15NO5/c14-6-5-10(12(17)18)13-11(16)7-8-1-3-9(15)4-2-8/h1-4,10,14-15H,5-7H2,(H,13,16)(H,17,18)/t10-/m0/s1. The largest absolute Gasteiger partial charge is 0.508 e. The van der Waals surface area contributed by atoms with Gasteiger partial charge in [0, 0.05) is 13.0 Å². The summed E-state index contributed by atoms with van der Waals surface area (Å²) in [5, 5.41) is 28.9. The molecule has 0 aliphatic heterocycles. The van der Waals surface area contributed by atoms with Gasteiger partial charge in [0.2, 0.25) is 5.91 Å². The third kappa shape index (κ3) is 4.42. The molecule has 98 valence electrons. The van der Waals surface area contributed by atoms with Gasteiger partial charge in [-0.3, -0.25) is 4.79 Å². The molecule has 1 aromatic carbocycles. The summed E-state index contributed by atoms with van der Waals surface area (Å²) >= 11 is 0. The third-order valence-corrected chi connectivity index (χ3v) is 2.35. The van der Waals surface area contributed by atoms with E-state index in [0.29, 0.717) is 5.56 Å². The highest BCUT2D eigenvalue weighted by molar-refractivity contribution is 5.84. The summed E-state index contributed by atoms with van der Waals surface area (Å²) in [5.41, 5.74) is 0.665. The molecule has 0 aliphatic carbocycles. The molecule has 1 atom stereocenters. The fourth-order valence-electron chi connectivity index (χ4n) is 1.43. The molecule has 18 heavy (non-hydrogen) atoms. The zero-order valence-corrected chi connectivity index (χ0v) is 9.67. The van der Waals surface area contributed by atoms with Crippen molar-refractivity contribution in [2.24, 2.45) is 0 Å². The lowest BCUT2D eigenvalue weighted by molar-refractivity contribution is -0.142. The number of carboxylic acids is 1. The quantitative estimate of drug-likeness (QED) is 0.565. The molecule has 0 spiro atoms. The Hall–Kier alpha value is -2.08. The molecule has 0 aromatic heterocycles. The van der Waals surface area contributed by atoms with Crippen LogP contribution in [-0.2, 0) is 16.0 Å². The number of hydrogen-bond acceptors (Lipinski definition) is 4. The molecule has 1 rings (SSSR count). The molecule has 1 aromatic rings. The van der Waals surface area contributed by atoms with Crippen LogP contribution < -0.4 is 5.32 Å². The second-order valence-corrected chi connectivity index (χ2v) is 3.81. The van der Waals surface area contributed by atoms with Crippen molar-refractivity contribution in [2.45, 2.75) is 18.9 Å². The molecular formula is C12H15NO5. The highest BCUT2D eigenvalue weighted by atomic mass is 16.4. The Labute approximate surface area is 104 Å². The van der Waals surface area contributed by atoms with Crippen molar-refractivity contribution in [3.8, 4) is 5.75 Å². The SMILES string of the molecule is O=C(Cc1ccc(O)cc1)N[C@@H](CCO)C(=O)O. The summed E-state index contributed by atoms with van der Waals surface area (Å²) in [6.45, 7) is -0.309. The van der Waals surface area contributed by atoms with Gasteiger partial charge in [-0.05, 0) is 17.7 Å². The molecule has 0 radical (unpaired) electrons. The molecule has 6 heteroatoms. The van der Waals surface area contributed by atoms with Crippen molar-refractivity contribution in [2.75, 3.05) is 6.61 Å². The lowest BCUT2D eigenvalue weighted by atomic mass is 10.1.